The summed E-state index contributed by atoms with van der Waals surface area (Å²) in [6, 6.07) is 0. The third-order valence-corrected chi connectivity index (χ3v) is 3.60. The van der Waals surface area contributed by atoms with Crippen LogP contribution in [0.2, 0.25) is 0 Å². The van der Waals surface area contributed by atoms with E-state index in [4.69, 9.17) is 0 Å². The molecule has 2 atom stereocenters. The van der Waals surface area contributed by atoms with Crippen molar-refractivity contribution in [2.24, 2.45) is 11.8 Å². The number of nitrogens with zero attached hydrogens (tertiary/aromatic N) is 2. The van der Waals surface area contributed by atoms with Gasteiger partial charge in [-0.1, -0.05) is 13.3 Å². The highest BCUT2D eigenvalue weighted by Crippen LogP contribution is 2.29. The van der Waals surface area contributed by atoms with E-state index < -0.39 is 0 Å². The molecule has 2 N–H and O–H groups in total. The van der Waals surface area contributed by atoms with Crippen molar-refractivity contribution in [2.75, 3.05) is 18.4 Å². The molecule has 1 aromatic rings. The van der Waals surface area contributed by atoms with Gasteiger partial charge < -0.3 is 10.6 Å². The molecule has 0 saturated heterocycles. The van der Waals surface area contributed by atoms with E-state index in [1.165, 1.54) is 25.5 Å². The molecule has 1 aromatic heterocycles. The minimum Gasteiger partial charge on any atom is -0.369 e. The van der Waals surface area contributed by atoms with Gasteiger partial charge in [0.2, 0.25) is 0 Å². The highest BCUT2D eigenvalue weighted by molar-refractivity contribution is 5.91. The molecule has 0 bridgehead atoms. The largest absolute Gasteiger partial charge is 0.369 e. The summed E-state index contributed by atoms with van der Waals surface area (Å²) in [5.74, 6) is 1.98. The lowest BCUT2D eigenvalue weighted by molar-refractivity contribution is 0.0942. The quantitative estimate of drug-likeness (QED) is 0.852. The van der Waals surface area contributed by atoms with Gasteiger partial charge in [0, 0.05) is 13.1 Å². The van der Waals surface area contributed by atoms with Gasteiger partial charge in [-0.2, -0.15) is 0 Å². The second-order valence-corrected chi connectivity index (χ2v) is 5.31. The SMILES string of the molecule is CCNc1cnc(C(=O)NCC2CCC(C)C2)cn1. The molecule has 1 amide bonds. The smallest absolute Gasteiger partial charge is 0.271 e. The fourth-order valence-electron chi connectivity index (χ4n) is 2.56. The van der Waals surface area contributed by atoms with E-state index in [1.54, 1.807) is 6.20 Å². The summed E-state index contributed by atoms with van der Waals surface area (Å²) < 4.78 is 0. The van der Waals surface area contributed by atoms with Gasteiger partial charge in [-0.05, 0) is 31.6 Å². The Morgan fingerprint density at radius 2 is 2.21 bits per heavy atom. The van der Waals surface area contributed by atoms with Crippen LogP contribution >= 0.6 is 0 Å². The first kappa shape index (κ1) is 13.8. The maximum atomic E-state index is 11.9. The minimum absolute atomic E-state index is 0.130. The first-order valence-corrected chi connectivity index (χ1v) is 7.03. The highest BCUT2D eigenvalue weighted by atomic mass is 16.1. The topological polar surface area (TPSA) is 66.9 Å². The van der Waals surface area contributed by atoms with Gasteiger partial charge in [-0.3, -0.25) is 4.79 Å². The number of amides is 1. The summed E-state index contributed by atoms with van der Waals surface area (Å²) in [7, 11) is 0. The number of carbonyl (C=O) groups excluding carboxylic acids is 1. The molecule has 1 fully saturated rings. The Balaban J connectivity index is 1.82. The second kappa shape index (κ2) is 6.50. The van der Waals surface area contributed by atoms with Gasteiger partial charge in [0.1, 0.15) is 11.5 Å². The Bertz CT molecular complexity index is 418. The monoisotopic (exact) mass is 262 g/mol. The number of nitrogens with one attached hydrogen (secondary N) is 2. The molecule has 104 valence electrons. The van der Waals surface area contributed by atoms with Crippen molar-refractivity contribution in [3.8, 4) is 0 Å². The minimum atomic E-state index is -0.130. The molecule has 0 radical (unpaired) electrons. The third kappa shape index (κ3) is 3.91. The van der Waals surface area contributed by atoms with E-state index in [1.807, 2.05) is 6.92 Å². The van der Waals surface area contributed by atoms with Crippen molar-refractivity contribution in [1.82, 2.24) is 15.3 Å². The van der Waals surface area contributed by atoms with E-state index in [9.17, 15) is 4.79 Å². The number of hydrogen-bond acceptors (Lipinski definition) is 4. The Labute approximate surface area is 114 Å². The van der Waals surface area contributed by atoms with Crippen LogP contribution in [0.1, 0.15) is 43.6 Å². The van der Waals surface area contributed by atoms with Gasteiger partial charge in [0.25, 0.3) is 5.91 Å². The average Bonchev–Trinajstić information content (AvgIpc) is 2.83. The van der Waals surface area contributed by atoms with Crippen LogP contribution in [-0.4, -0.2) is 29.0 Å². The molecule has 1 saturated carbocycles. The van der Waals surface area contributed by atoms with Gasteiger partial charge in [0.05, 0.1) is 12.4 Å². The summed E-state index contributed by atoms with van der Waals surface area (Å²) in [4.78, 5) is 20.2. The molecule has 5 heteroatoms. The van der Waals surface area contributed by atoms with E-state index in [2.05, 4.69) is 27.5 Å². The molecule has 0 aromatic carbocycles. The van der Waals surface area contributed by atoms with E-state index in [-0.39, 0.29) is 5.91 Å². The Morgan fingerprint density at radius 3 is 2.79 bits per heavy atom. The summed E-state index contributed by atoms with van der Waals surface area (Å²) in [6.45, 7) is 5.80. The molecule has 19 heavy (non-hydrogen) atoms. The maximum absolute atomic E-state index is 11.9. The van der Waals surface area contributed by atoms with Crippen LogP contribution in [-0.2, 0) is 0 Å². The zero-order valence-electron chi connectivity index (χ0n) is 11.6. The van der Waals surface area contributed by atoms with Gasteiger partial charge in [0.15, 0.2) is 0 Å². The van der Waals surface area contributed by atoms with Crippen LogP contribution in [0.25, 0.3) is 0 Å². The molecule has 5 nitrogen and oxygen atoms in total. The number of carbonyl (C=O) groups is 1. The van der Waals surface area contributed by atoms with Crippen LogP contribution in [0.3, 0.4) is 0 Å². The Kier molecular flexibility index (Phi) is 4.71. The van der Waals surface area contributed by atoms with Crippen LogP contribution in [0.4, 0.5) is 5.82 Å². The van der Waals surface area contributed by atoms with Crippen LogP contribution < -0.4 is 10.6 Å². The Hall–Kier alpha value is -1.65. The molecule has 1 heterocycles. The predicted molar refractivity (Wildman–Crippen MR) is 75.0 cm³/mol. The highest BCUT2D eigenvalue weighted by Gasteiger charge is 2.21. The van der Waals surface area contributed by atoms with Crippen LogP contribution in [0.15, 0.2) is 12.4 Å². The molecule has 2 rings (SSSR count). The lowest BCUT2D eigenvalue weighted by Gasteiger charge is -2.10. The van der Waals surface area contributed by atoms with Crippen molar-refractivity contribution < 1.29 is 4.79 Å². The number of aromatic nitrogens is 2. The van der Waals surface area contributed by atoms with Gasteiger partial charge in [-0.25, -0.2) is 9.97 Å². The molecular formula is C14H22N4O. The molecule has 2 unspecified atom stereocenters. The van der Waals surface area contributed by atoms with E-state index >= 15 is 0 Å². The number of hydrogen-bond donors (Lipinski definition) is 2. The molecule has 0 aliphatic heterocycles. The van der Waals surface area contributed by atoms with E-state index in [0.717, 1.165) is 19.0 Å². The van der Waals surface area contributed by atoms with Crippen molar-refractivity contribution in [1.29, 1.82) is 0 Å². The molecule has 1 aliphatic carbocycles. The van der Waals surface area contributed by atoms with Crippen LogP contribution in [0.5, 0.6) is 0 Å². The molecule has 0 spiro atoms. The van der Waals surface area contributed by atoms with Crippen molar-refractivity contribution >= 4 is 11.7 Å². The zero-order chi connectivity index (χ0) is 13.7. The van der Waals surface area contributed by atoms with Gasteiger partial charge >= 0.3 is 0 Å². The standard InChI is InChI=1S/C14H22N4O/c1-3-15-13-9-16-12(8-17-13)14(19)18-7-11-5-4-10(2)6-11/h8-11H,3-7H2,1-2H3,(H,15,17)(H,18,19). The van der Waals surface area contributed by atoms with Gasteiger partial charge in [-0.15, -0.1) is 0 Å². The first-order valence-electron chi connectivity index (χ1n) is 7.03. The van der Waals surface area contributed by atoms with Crippen molar-refractivity contribution in [3.05, 3.63) is 18.1 Å². The number of rotatable bonds is 5. The third-order valence-electron chi connectivity index (χ3n) is 3.60. The summed E-state index contributed by atoms with van der Waals surface area (Å²) in [5.41, 5.74) is 0.382. The molecule has 1 aliphatic rings. The second-order valence-electron chi connectivity index (χ2n) is 5.31. The summed E-state index contributed by atoms with van der Waals surface area (Å²) in [6.07, 6.45) is 6.82. The van der Waals surface area contributed by atoms with Crippen molar-refractivity contribution in [2.45, 2.75) is 33.1 Å². The lowest BCUT2D eigenvalue weighted by atomic mass is 10.1. The summed E-state index contributed by atoms with van der Waals surface area (Å²) in [5, 5.41) is 6.00. The lowest BCUT2D eigenvalue weighted by Crippen LogP contribution is -2.29. The maximum Gasteiger partial charge on any atom is 0.271 e. The van der Waals surface area contributed by atoms with E-state index in [0.29, 0.717) is 17.4 Å². The van der Waals surface area contributed by atoms with Crippen LogP contribution in [0, 0.1) is 11.8 Å². The normalized spacial score (nSPS) is 22.2. The summed E-state index contributed by atoms with van der Waals surface area (Å²) >= 11 is 0. The fraction of sp³-hybridized carbons (Fsp3) is 0.643. The fourth-order valence-corrected chi connectivity index (χ4v) is 2.56. The number of anilines is 1. The average molecular weight is 262 g/mol. The Morgan fingerprint density at radius 1 is 1.37 bits per heavy atom. The molecular weight excluding hydrogens is 240 g/mol. The predicted octanol–water partition coefficient (Wildman–Crippen LogP) is 2.07. The zero-order valence-corrected chi connectivity index (χ0v) is 11.6. The van der Waals surface area contributed by atoms with Crippen molar-refractivity contribution in [3.63, 3.8) is 0 Å². The first-order chi connectivity index (χ1) is 9.19.